The van der Waals surface area contributed by atoms with E-state index in [0.29, 0.717) is 25.7 Å². The van der Waals surface area contributed by atoms with Gasteiger partial charge in [-0.1, -0.05) is 53.2 Å². The number of rotatable bonds is 11. The Morgan fingerprint density at radius 2 is 1.34 bits per heavy atom. The molecule has 5 fully saturated rings. The zero-order valence-corrected chi connectivity index (χ0v) is 34.6. The van der Waals surface area contributed by atoms with Gasteiger partial charge in [0.2, 0.25) is 0 Å². The molecule has 4 aliphatic carbocycles. The highest BCUT2D eigenvalue weighted by Crippen LogP contribution is 2.75. The van der Waals surface area contributed by atoms with Gasteiger partial charge in [0.1, 0.15) is 48.8 Å². The average Bonchev–Trinajstić information content (AvgIpc) is 3.40. The summed E-state index contributed by atoms with van der Waals surface area (Å²) in [6, 6.07) is 0. The third kappa shape index (κ3) is 7.16. The lowest BCUT2D eigenvalue weighted by atomic mass is 9.38. The molecule has 0 bridgehead atoms. The van der Waals surface area contributed by atoms with Crippen LogP contribution in [0.2, 0.25) is 0 Å². The van der Waals surface area contributed by atoms with Crippen molar-refractivity contribution in [2.24, 2.45) is 45.3 Å². The van der Waals surface area contributed by atoms with E-state index in [1.807, 2.05) is 0 Å². The Bertz CT molecular complexity index is 1400. The summed E-state index contributed by atoms with van der Waals surface area (Å²) in [7, 11) is 0. The molecule has 0 aromatic rings. The summed E-state index contributed by atoms with van der Waals surface area (Å²) in [4.78, 5) is 0. The summed E-state index contributed by atoms with van der Waals surface area (Å²) in [6.07, 6.45) is -7.19. The largest absolute Gasteiger partial charge is 0.394 e. The van der Waals surface area contributed by atoms with Gasteiger partial charge in [0.25, 0.3) is 0 Å². The van der Waals surface area contributed by atoms with Crippen LogP contribution in [0.5, 0.6) is 0 Å². The third-order valence-corrected chi connectivity index (χ3v) is 16.6. The van der Waals surface area contributed by atoms with Gasteiger partial charge in [-0.25, -0.2) is 0 Å². The van der Waals surface area contributed by atoms with Crippen LogP contribution in [0.15, 0.2) is 11.6 Å². The third-order valence-electron chi connectivity index (χ3n) is 16.6. The van der Waals surface area contributed by atoms with E-state index in [4.69, 9.17) is 18.9 Å². The highest BCUT2D eigenvalue weighted by atomic mass is 16.7. The molecule has 0 amide bonds. The number of fused-ring (bicyclic) bond motifs is 5. The van der Waals surface area contributed by atoms with Crippen LogP contribution in [0.4, 0.5) is 0 Å². The number of hydrogen-bond acceptors (Lipinski definition) is 14. The first-order chi connectivity index (χ1) is 26.0. The predicted octanol–water partition coefficient (Wildman–Crippen LogP) is 1.12. The van der Waals surface area contributed by atoms with Crippen LogP contribution in [-0.2, 0) is 18.9 Å². The number of ether oxygens (including phenoxy) is 4. The second-order valence-corrected chi connectivity index (χ2v) is 20.2. The molecule has 0 radical (unpaired) electrons. The van der Waals surface area contributed by atoms with Crippen molar-refractivity contribution in [1.82, 2.24) is 0 Å². The standard InChI is InChI=1S/C42H72O14/c1-20(9-13-29(39(4,5)52)56-37-35(51)33(49)31(47)25(19-44)54-37)21-15-16-40(6)26-12-10-22-23(42(26,8)27(45)17-41(21,40)7)11-14-28(38(22,2)3)55-36-34(50)32(48)30(46)24(18-43)53-36/h10,20-21,23-37,43-52H,9,11-19H2,1-8H3/t20-,21-,23-,24-,25-,26+,27-,28+,29-,30-,31-,32+,33+,34-,35-,36+,37+,40+,41-,42+/m1/s1. The first-order valence-electron chi connectivity index (χ1n) is 21.0. The van der Waals surface area contributed by atoms with Crippen LogP contribution in [0.3, 0.4) is 0 Å². The van der Waals surface area contributed by atoms with Crippen LogP contribution in [0.25, 0.3) is 0 Å². The van der Waals surface area contributed by atoms with Crippen molar-refractivity contribution < 1.29 is 70.0 Å². The summed E-state index contributed by atoms with van der Waals surface area (Å²) >= 11 is 0. The second-order valence-electron chi connectivity index (χ2n) is 20.2. The maximum absolute atomic E-state index is 12.5. The van der Waals surface area contributed by atoms with Crippen molar-refractivity contribution in [2.75, 3.05) is 13.2 Å². The fourth-order valence-electron chi connectivity index (χ4n) is 12.8. The van der Waals surface area contributed by atoms with Crippen molar-refractivity contribution in [3.8, 4) is 0 Å². The van der Waals surface area contributed by atoms with Gasteiger partial charge in [-0.05, 0) is 99.7 Å². The van der Waals surface area contributed by atoms with Crippen LogP contribution < -0.4 is 0 Å². The molecule has 20 atom stereocenters. The molecular formula is C42H72O14. The molecule has 324 valence electrons. The van der Waals surface area contributed by atoms with E-state index in [1.165, 1.54) is 5.57 Å². The number of hydrogen-bond donors (Lipinski definition) is 10. The molecular weight excluding hydrogens is 728 g/mol. The Hall–Kier alpha value is -0.820. The Morgan fingerprint density at radius 3 is 1.91 bits per heavy atom. The molecule has 2 heterocycles. The minimum Gasteiger partial charge on any atom is -0.394 e. The quantitative estimate of drug-likeness (QED) is 0.132. The van der Waals surface area contributed by atoms with Gasteiger partial charge < -0.3 is 70.0 Å². The minimum atomic E-state index is -1.58. The van der Waals surface area contributed by atoms with Gasteiger partial charge in [-0.2, -0.15) is 0 Å². The van der Waals surface area contributed by atoms with Crippen LogP contribution in [-0.4, -0.2) is 150 Å². The van der Waals surface area contributed by atoms with Gasteiger partial charge in [0, 0.05) is 10.8 Å². The van der Waals surface area contributed by atoms with Gasteiger partial charge >= 0.3 is 0 Å². The fourth-order valence-corrected chi connectivity index (χ4v) is 12.8. The molecule has 0 spiro atoms. The normalized spacial score (nSPS) is 50.3. The maximum Gasteiger partial charge on any atom is 0.187 e. The van der Waals surface area contributed by atoms with E-state index < -0.39 is 103 Å². The molecule has 0 unspecified atom stereocenters. The lowest BCUT2D eigenvalue weighted by Crippen LogP contribution is -2.65. The van der Waals surface area contributed by atoms with Crippen molar-refractivity contribution in [3.63, 3.8) is 0 Å². The maximum atomic E-state index is 12.5. The Morgan fingerprint density at radius 1 is 0.768 bits per heavy atom. The summed E-state index contributed by atoms with van der Waals surface area (Å²) < 4.78 is 23.9. The molecule has 56 heavy (non-hydrogen) atoms. The molecule has 6 aliphatic rings. The van der Waals surface area contributed by atoms with Crippen molar-refractivity contribution in [1.29, 1.82) is 0 Å². The van der Waals surface area contributed by atoms with Crippen molar-refractivity contribution in [3.05, 3.63) is 11.6 Å². The summed E-state index contributed by atoms with van der Waals surface area (Å²) in [5.41, 5.74) is -1.23. The van der Waals surface area contributed by atoms with E-state index in [-0.39, 0.29) is 40.6 Å². The van der Waals surface area contributed by atoms with Gasteiger partial charge in [-0.15, -0.1) is 0 Å². The van der Waals surface area contributed by atoms with Crippen molar-refractivity contribution in [2.45, 2.75) is 192 Å². The van der Waals surface area contributed by atoms with E-state index >= 15 is 0 Å². The summed E-state index contributed by atoms with van der Waals surface area (Å²) in [5, 5.41) is 106. The Balaban J connectivity index is 1.17. The highest BCUT2D eigenvalue weighted by molar-refractivity contribution is 5.32. The smallest absolute Gasteiger partial charge is 0.187 e. The summed E-state index contributed by atoms with van der Waals surface area (Å²) in [5.74, 6) is 0.800. The molecule has 6 rings (SSSR count). The van der Waals surface area contributed by atoms with Crippen LogP contribution >= 0.6 is 0 Å². The van der Waals surface area contributed by atoms with E-state index in [1.54, 1.807) is 13.8 Å². The number of allylic oxidation sites excluding steroid dienone is 1. The lowest BCUT2D eigenvalue weighted by Gasteiger charge is -2.67. The van der Waals surface area contributed by atoms with Crippen molar-refractivity contribution >= 4 is 0 Å². The van der Waals surface area contributed by atoms with Crippen LogP contribution in [0.1, 0.15) is 107 Å². The highest BCUT2D eigenvalue weighted by Gasteiger charge is 2.70. The average molecular weight is 801 g/mol. The van der Waals surface area contributed by atoms with E-state index in [2.05, 4.69) is 47.6 Å². The Kier molecular flexibility index (Phi) is 12.7. The predicted molar refractivity (Wildman–Crippen MR) is 202 cm³/mol. The fraction of sp³-hybridized carbons (Fsp3) is 0.952. The molecule has 2 aliphatic heterocycles. The zero-order valence-electron chi connectivity index (χ0n) is 34.6. The van der Waals surface area contributed by atoms with Gasteiger partial charge in [0.05, 0.1) is 37.1 Å². The molecule has 10 N–H and O–H groups in total. The van der Waals surface area contributed by atoms with Gasteiger partial charge in [0.15, 0.2) is 12.6 Å². The minimum absolute atomic E-state index is 0.0712. The topological polar surface area (TPSA) is 239 Å². The molecule has 14 nitrogen and oxygen atoms in total. The zero-order chi connectivity index (χ0) is 41.5. The Labute approximate surface area is 331 Å². The van der Waals surface area contributed by atoms with Crippen LogP contribution in [0, 0.1) is 45.3 Å². The second kappa shape index (κ2) is 15.9. The van der Waals surface area contributed by atoms with E-state index in [0.717, 1.165) is 25.7 Å². The molecule has 0 aromatic carbocycles. The summed E-state index contributed by atoms with van der Waals surface area (Å²) in [6.45, 7) is 15.7. The molecule has 2 saturated heterocycles. The first-order valence-corrected chi connectivity index (χ1v) is 21.0. The molecule has 14 heteroatoms. The first kappa shape index (κ1) is 44.7. The van der Waals surface area contributed by atoms with Gasteiger partial charge in [-0.3, -0.25) is 0 Å². The molecule has 3 saturated carbocycles. The molecule has 0 aromatic heterocycles. The lowest BCUT2D eigenvalue weighted by molar-refractivity contribution is -0.322. The number of aliphatic hydroxyl groups is 10. The SMILES string of the molecule is C[C@H](CC[C@@H](O[C@@H]1O[C@H](CO)[C@@H](O)[C@H](O)[C@H]1O)C(C)(C)O)[C@H]1CC[C@@]2(C)[C@@H]3CC=C4[C@@H](CC[C@H](O[C@@H]5O[C@H](CO)[C@@H](O)[C@H](O)[C@H]5O)C4(C)C)[C@]3(C)[C@H](O)C[C@]12C. The van der Waals surface area contributed by atoms with E-state index in [9.17, 15) is 51.1 Å². The number of aliphatic hydroxyl groups excluding tert-OH is 9. The monoisotopic (exact) mass is 800 g/mol.